The minimum Gasteiger partial charge on any atom is -0.438 e. The minimum absolute atomic E-state index is 0.351. The lowest BCUT2D eigenvalue weighted by Crippen LogP contribution is -2.47. The number of para-hydroxylation sites is 1. The van der Waals surface area contributed by atoms with E-state index in [0.717, 1.165) is 43.2 Å². The summed E-state index contributed by atoms with van der Waals surface area (Å²) < 4.78 is 7.31. The van der Waals surface area contributed by atoms with E-state index in [1.807, 2.05) is 19.1 Å². The van der Waals surface area contributed by atoms with Crippen LogP contribution in [0.1, 0.15) is 5.56 Å². The lowest BCUT2D eigenvalue weighted by Gasteiger charge is -2.37. The zero-order valence-corrected chi connectivity index (χ0v) is 15.6. The Morgan fingerprint density at radius 2 is 1.71 bits per heavy atom. The Morgan fingerprint density at radius 1 is 0.964 bits per heavy atom. The first-order chi connectivity index (χ1) is 13.7. The second kappa shape index (κ2) is 6.56. The van der Waals surface area contributed by atoms with Crippen molar-refractivity contribution < 1.29 is 4.42 Å². The van der Waals surface area contributed by atoms with Crippen LogP contribution in [0.15, 0.2) is 53.2 Å². The van der Waals surface area contributed by atoms with Crippen molar-refractivity contribution in [2.75, 3.05) is 41.7 Å². The molecule has 28 heavy (non-hydrogen) atoms. The summed E-state index contributed by atoms with van der Waals surface area (Å²) in [5.74, 6) is 2.45. The SMILES string of the molecule is Cc1c(N2CCN(c3ccccc3)CC2)nc(-c2ccc(N)o2)n2ncnc12. The lowest BCUT2D eigenvalue weighted by atomic mass is 10.2. The topological polar surface area (TPSA) is 88.7 Å². The molecule has 0 spiro atoms. The van der Waals surface area contributed by atoms with Crippen LogP contribution in [0.5, 0.6) is 0 Å². The number of nitrogens with two attached hydrogens (primary N) is 1. The quantitative estimate of drug-likeness (QED) is 0.589. The fourth-order valence-electron chi connectivity index (χ4n) is 3.74. The van der Waals surface area contributed by atoms with E-state index in [9.17, 15) is 0 Å². The van der Waals surface area contributed by atoms with E-state index < -0.39 is 0 Å². The molecule has 4 heterocycles. The molecule has 1 aliphatic rings. The number of aryl methyl sites for hydroxylation is 1. The van der Waals surface area contributed by atoms with E-state index in [4.69, 9.17) is 15.1 Å². The Balaban J connectivity index is 1.49. The van der Waals surface area contributed by atoms with Gasteiger partial charge in [0.05, 0.1) is 0 Å². The molecule has 2 N–H and O–H groups in total. The van der Waals surface area contributed by atoms with Crippen molar-refractivity contribution >= 4 is 23.0 Å². The molecule has 8 nitrogen and oxygen atoms in total. The second-order valence-electron chi connectivity index (χ2n) is 6.89. The molecule has 0 aliphatic carbocycles. The third kappa shape index (κ3) is 2.74. The van der Waals surface area contributed by atoms with E-state index in [0.29, 0.717) is 17.5 Å². The highest BCUT2D eigenvalue weighted by Crippen LogP contribution is 2.29. The number of hydrogen-bond donors (Lipinski definition) is 1. The van der Waals surface area contributed by atoms with Gasteiger partial charge < -0.3 is 20.0 Å². The highest BCUT2D eigenvalue weighted by Gasteiger charge is 2.24. The first-order valence-corrected chi connectivity index (χ1v) is 9.31. The van der Waals surface area contributed by atoms with Gasteiger partial charge in [-0.1, -0.05) is 18.2 Å². The third-order valence-electron chi connectivity index (χ3n) is 5.18. The molecule has 1 aromatic carbocycles. The average molecular weight is 375 g/mol. The number of furan rings is 1. The fraction of sp³-hybridized carbons (Fsp3) is 0.250. The van der Waals surface area contributed by atoms with Crippen molar-refractivity contribution in [3.8, 4) is 11.6 Å². The van der Waals surface area contributed by atoms with Crippen molar-refractivity contribution in [2.24, 2.45) is 0 Å². The van der Waals surface area contributed by atoms with Crippen LogP contribution in [0.2, 0.25) is 0 Å². The first kappa shape index (κ1) is 16.6. The predicted octanol–water partition coefficient (Wildman–Crippen LogP) is 2.60. The second-order valence-corrected chi connectivity index (χ2v) is 6.89. The number of aromatic nitrogens is 4. The highest BCUT2D eigenvalue weighted by atomic mass is 16.4. The highest BCUT2D eigenvalue weighted by molar-refractivity contribution is 5.67. The van der Waals surface area contributed by atoms with E-state index in [1.165, 1.54) is 12.0 Å². The molecule has 1 aliphatic heterocycles. The molecule has 0 saturated carbocycles. The van der Waals surface area contributed by atoms with Gasteiger partial charge >= 0.3 is 0 Å². The van der Waals surface area contributed by atoms with E-state index in [1.54, 1.807) is 10.6 Å². The summed E-state index contributed by atoms with van der Waals surface area (Å²) in [5.41, 5.74) is 8.80. The third-order valence-corrected chi connectivity index (χ3v) is 5.18. The Bertz CT molecular complexity index is 1110. The van der Waals surface area contributed by atoms with Gasteiger partial charge in [0.25, 0.3) is 0 Å². The number of nitrogens with zero attached hydrogens (tertiary/aromatic N) is 6. The van der Waals surface area contributed by atoms with Gasteiger partial charge in [-0.05, 0) is 25.1 Å². The van der Waals surface area contributed by atoms with Crippen LogP contribution >= 0.6 is 0 Å². The largest absolute Gasteiger partial charge is 0.438 e. The van der Waals surface area contributed by atoms with Crippen molar-refractivity contribution in [2.45, 2.75) is 6.92 Å². The number of nitrogen functional groups attached to an aromatic ring is 1. The van der Waals surface area contributed by atoms with Gasteiger partial charge in [-0.3, -0.25) is 0 Å². The average Bonchev–Trinajstić information content (AvgIpc) is 3.39. The zero-order valence-electron chi connectivity index (χ0n) is 15.6. The molecule has 0 bridgehead atoms. The molecule has 5 rings (SSSR count). The molecule has 1 fully saturated rings. The van der Waals surface area contributed by atoms with E-state index >= 15 is 0 Å². The molecule has 0 amide bonds. The molecule has 8 heteroatoms. The smallest absolute Gasteiger partial charge is 0.201 e. The number of anilines is 3. The van der Waals surface area contributed by atoms with Crippen LogP contribution in [-0.2, 0) is 0 Å². The van der Waals surface area contributed by atoms with Crippen molar-refractivity contribution in [1.29, 1.82) is 0 Å². The summed E-state index contributed by atoms with van der Waals surface area (Å²) in [5, 5.41) is 4.32. The molecule has 0 radical (unpaired) electrons. The van der Waals surface area contributed by atoms with Gasteiger partial charge in [-0.15, -0.1) is 0 Å². The molecule has 0 unspecified atom stereocenters. The molecule has 4 aromatic rings. The van der Waals surface area contributed by atoms with E-state index in [-0.39, 0.29) is 0 Å². The Labute approximate surface area is 162 Å². The number of rotatable bonds is 3. The molecule has 0 atom stereocenters. The number of piperazine rings is 1. The predicted molar refractivity (Wildman–Crippen MR) is 109 cm³/mol. The summed E-state index contributed by atoms with van der Waals surface area (Å²) >= 11 is 0. The van der Waals surface area contributed by atoms with Crippen LogP contribution in [-0.4, -0.2) is 45.8 Å². The Kier molecular flexibility index (Phi) is 3.89. The molecular weight excluding hydrogens is 354 g/mol. The van der Waals surface area contributed by atoms with Gasteiger partial charge in [0.1, 0.15) is 12.1 Å². The molecule has 1 saturated heterocycles. The fourth-order valence-corrected chi connectivity index (χ4v) is 3.74. The maximum Gasteiger partial charge on any atom is 0.201 e. The Hall–Kier alpha value is -3.55. The standard InChI is InChI=1S/C20H21N7O/c1-14-18-22-13-23-27(18)20(16-7-8-17(21)28-16)24-19(14)26-11-9-25(10-12-26)15-5-3-2-4-6-15/h2-8,13H,9-12,21H2,1H3. The van der Waals surface area contributed by atoms with Crippen molar-refractivity contribution in [1.82, 2.24) is 19.6 Å². The maximum atomic E-state index is 5.76. The number of benzene rings is 1. The van der Waals surface area contributed by atoms with Gasteiger partial charge in [-0.25, -0.2) is 9.97 Å². The van der Waals surface area contributed by atoms with Gasteiger partial charge in [0, 0.05) is 43.5 Å². The van der Waals surface area contributed by atoms with Crippen LogP contribution in [0.4, 0.5) is 17.4 Å². The monoisotopic (exact) mass is 375 g/mol. The lowest BCUT2D eigenvalue weighted by molar-refractivity contribution is 0.592. The first-order valence-electron chi connectivity index (χ1n) is 9.31. The van der Waals surface area contributed by atoms with Crippen LogP contribution in [0, 0.1) is 6.92 Å². The van der Waals surface area contributed by atoms with Crippen LogP contribution in [0.3, 0.4) is 0 Å². The maximum absolute atomic E-state index is 5.76. The summed E-state index contributed by atoms with van der Waals surface area (Å²) in [6.07, 6.45) is 1.54. The van der Waals surface area contributed by atoms with E-state index in [2.05, 4.69) is 44.1 Å². The van der Waals surface area contributed by atoms with Crippen molar-refractivity contribution in [3.63, 3.8) is 0 Å². The van der Waals surface area contributed by atoms with Crippen LogP contribution in [0.25, 0.3) is 17.2 Å². The van der Waals surface area contributed by atoms with Gasteiger partial charge in [-0.2, -0.15) is 9.61 Å². The van der Waals surface area contributed by atoms with Crippen molar-refractivity contribution in [3.05, 3.63) is 54.4 Å². The Morgan fingerprint density at radius 3 is 2.43 bits per heavy atom. The van der Waals surface area contributed by atoms with Crippen LogP contribution < -0.4 is 15.5 Å². The number of hydrogen-bond acceptors (Lipinski definition) is 7. The summed E-state index contributed by atoms with van der Waals surface area (Å²) in [7, 11) is 0. The molecule has 142 valence electrons. The van der Waals surface area contributed by atoms with Gasteiger partial charge in [0.15, 0.2) is 17.3 Å². The summed E-state index contributed by atoms with van der Waals surface area (Å²) in [4.78, 5) is 14.0. The number of fused-ring (bicyclic) bond motifs is 1. The summed E-state index contributed by atoms with van der Waals surface area (Å²) in [6, 6.07) is 14.0. The molecular formula is C20H21N7O. The minimum atomic E-state index is 0.351. The van der Waals surface area contributed by atoms with Gasteiger partial charge in [0.2, 0.25) is 5.82 Å². The normalized spacial score (nSPS) is 14.8. The zero-order chi connectivity index (χ0) is 19.1. The summed E-state index contributed by atoms with van der Waals surface area (Å²) in [6.45, 7) is 5.67. The molecule has 3 aromatic heterocycles.